The number of rotatable bonds is 5. The van der Waals surface area contributed by atoms with Crippen LogP contribution in [-0.2, 0) is 11.2 Å². The Morgan fingerprint density at radius 2 is 2.18 bits per heavy atom. The number of hydrogen-bond acceptors (Lipinski definition) is 3. The maximum absolute atomic E-state index is 11.9. The first kappa shape index (κ1) is 16.4. The SMILES string of the molecule is CC(N)C(C)C(=O)N(C)CCc1cccs1.Cl. The highest BCUT2D eigenvalue weighted by Crippen LogP contribution is 2.11. The zero-order chi connectivity index (χ0) is 12.1. The summed E-state index contributed by atoms with van der Waals surface area (Å²) in [5.41, 5.74) is 5.72. The predicted octanol–water partition coefficient (Wildman–Crippen LogP) is 2.15. The van der Waals surface area contributed by atoms with Gasteiger partial charge >= 0.3 is 0 Å². The third-order valence-corrected chi connectivity index (χ3v) is 3.76. The number of thiophene rings is 1. The second kappa shape index (κ2) is 7.69. The van der Waals surface area contributed by atoms with Crippen molar-refractivity contribution in [3.63, 3.8) is 0 Å². The van der Waals surface area contributed by atoms with Crippen LogP contribution >= 0.6 is 23.7 Å². The molecule has 17 heavy (non-hydrogen) atoms. The van der Waals surface area contributed by atoms with Gasteiger partial charge in [0.15, 0.2) is 0 Å². The first-order valence-electron chi connectivity index (χ1n) is 5.55. The van der Waals surface area contributed by atoms with Crippen LogP contribution < -0.4 is 5.73 Å². The molecule has 0 aromatic carbocycles. The second-order valence-electron chi connectivity index (χ2n) is 4.24. The Morgan fingerprint density at radius 1 is 1.53 bits per heavy atom. The molecule has 1 rings (SSSR count). The van der Waals surface area contributed by atoms with Crippen LogP contribution in [0.5, 0.6) is 0 Å². The zero-order valence-electron chi connectivity index (χ0n) is 10.6. The predicted molar refractivity (Wildman–Crippen MR) is 75.7 cm³/mol. The second-order valence-corrected chi connectivity index (χ2v) is 5.27. The molecular formula is C12H21ClN2OS. The molecule has 0 aliphatic heterocycles. The van der Waals surface area contributed by atoms with E-state index < -0.39 is 0 Å². The average Bonchev–Trinajstić information content (AvgIpc) is 2.76. The minimum atomic E-state index is -0.103. The first-order valence-corrected chi connectivity index (χ1v) is 6.43. The molecule has 0 fully saturated rings. The lowest BCUT2D eigenvalue weighted by Crippen LogP contribution is -2.40. The van der Waals surface area contributed by atoms with E-state index in [0.29, 0.717) is 0 Å². The van der Waals surface area contributed by atoms with Crippen LogP contribution in [0.4, 0.5) is 0 Å². The molecule has 3 nitrogen and oxygen atoms in total. The fourth-order valence-electron chi connectivity index (χ4n) is 1.42. The summed E-state index contributed by atoms with van der Waals surface area (Å²) in [6.07, 6.45) is 0.922. The number of nitrogens with zero attached hydrogens (tertiary/aromatic N) is 1. The summed E-state index contributed by atoms with van der Waals surface area (Å²) < 4.78 is 0. The largest absolute Gasteiger partial charge is 0.345 e. The number of likely N-dealkylation sites (N-methyl/N-ethyl adjacent to an activating group) is 1. The van der Waals surface area contributed by atoms with Crippen molar-refractivity contribution in [2.75, 3.05) is 13.6 Å². The number of carbonyl (C=O) groups is 1. The molecule has 98 valence electrons. The maximum atomic E-state index is 11.9. The quantitative estimate of drug-likeness (QED) is 0.896. The van der Waals surface area contributed by atoms with Gasteiger partial charge in [0.05, 0.1) is 5.92 Å². The fraction of sp³-hybridized carbons (Fsp3) is 0.583. The van der Waals surface area contributed by atoms with E-state index >= 15 is 0 Å². The van der Waals surface area contributed by atoms with Crippen molar-refractivity contribution in [3.05, 3.63) is 22.4 Å². The summed E-state index contributed by atoms with van der Waals surface area (Å²) in [4.78, 5) is 15.0. The smallest absolute Gasteiger partial charge is 0.226 e. The van der Waals surface area contributed by atoms with Gasteiger partial charge in [0.2, 0.25) is 5.91 Å². The zero-order valence-corrected chi connectivity index (χ0v) is 12.2. The number of carbonyl (C=O) groups excluding carboxylic acids is 1. The molecule has 0 radical (unpaired) electrons. The lowest BCUT2D eigenvalue weighted by molar-refractivity contribution is -0.134. The summed E-state index contributed by atoms with van der Waals surface area (Å²) in [5, 5.41) is 2.06. The van der Waals surface area contributed by atoms with Crippen molar-refractivity contribution < 1.29 is 4.79 Å². The van der Waals surface area contributed by atoms with E-state index in [1.807, 2.05) is 27.0 Å². The van der Waals surface area contributed by atoms with Gasteiger partial charge in [0.25, 0.3) is 0 Å². The van der Waals surface area contributed by atoms with Crippen LogP contribution in [0, 0.1) is 5.92 Å². The fourth-order valence-corrected chi connectivity index (χ4v) is 2.11. The molecule has 0 aliphatic rings. The summed E-state index contributed by atoms with van der Waals surface area (Å²) in [5.74, 6) is 0.0277. The molecule has 1 heterocycles. The van der Waals surface area contributed by atoms with Crippen LogP contribution in [0.1, 0.15) is 18.7 Å². The molecule has 2 N–H and O–H groups in total. The molecule has 0 aliphatic carbocycles. The summed E-state index contributed by atoms with van der Waals surface area (Å²) in [6.45, 7) is 4.51. The van der Waals surface area contributed by atoms with Crippen molar-refractivity contribution in [3.8, 4) is 0 Å². The normalized spacial score (nSPS) is 13.6. The van der Waals surface area contributed by atoms with Gasteiger partial charge in [-0.2, -0.15) is 0 Å². The van der Waals surface area contributed by atoms with Crippen molar-refractivity contribution in [2.45, 2.75) is 26.3 Å². The number of nitrogens with two attached hydrogens (primary N) is 1. The van der Waals surface area contributed by atoms with Crippen LogP contribution in [0.25, 0.3) is 0 Å². The molecule has 1 aromatic heterocycles. The van der Waals surface area contributed by atoms with Gasteiger partial charge in [-0.05, 0) is 24.8 Å². The molecule has 5 heteroatoms. The van der Waals surface area contributed by atoms with Gasteiger partial charge in [-0.1, -0.05) is 13.0 Å². The standard InChI is InChI=1S/C12H20N2OS.ClH/c1-9(10(2)13)12(15)14(3)7-6-11-5-4-8-16-11;/h4-5,8-10H,6-7,13H2,1-3H3;1H. The van der Waals surface area contributed by atoms with Gasteiger partial charge in [-0.15, -0.1) is 23.7 Å². The van der Waals surface area contributed by atoms with Crippen LogP contribution in [0.3, 0.4) is 0 Å². The van der Waals surface area contributed by atoms with E-state index in [1.54, 1.807) is 16.2 Å². The van der Waals surface area contributed by atoms with E-state index in [2.05, 4.69) is 11.4 Å². The summed E-state index contributed by atoms with van der Waals surface area (Å²) in [7, 11) is 1.84. The Kier molecular flexibility index (Phi) is 7.43. The van der Waals surface area contributed by atoms with Crippen LogP contribution in [0.2, 0.25) is 0 Å². The molecule has 0 spiro atoms. The van der Waals surface area contributed by atoms with Crippen molar-refractivity contribution in [2.24, 2.45) is 11.7 Å². The highest BCUT2D eigenvalue weighted by Gasteiger charge is 2.20. The Labute approximate surface area is 113 Å². The number of amides is 1. The molecule has 0 bridgehead atoms. The molecule has 2 unspecified atom stereocenters. The summed E-state index contributed by atoms with van der Waals surface area (Å²) >= 11 is 1.73. The van der Waals surface area contributed by atoms with Gasteiger partial charge in [-0.25, -0.2) is 0 Å². The minimum absolute atomic E-state index is 0. The Balaban J connectivity index is 0.00000256. The highest BCUT2D eigenvalue weighted by atomic mass is 35.5. The van der Waals surface area contributed by atoms with Gasteiger partial charge in [-0.3, -0.25) is 4.79 Å². The first-order chi connectivity index (χ1) is 7.52. The lowest BCUT2D eigenvalue weighted by atomic mass is 10.0. The topological polar surface area (TPSA) is 46.3 Å². The number of halogens is 1. The monoisotopic (exact) mass is 276 g/mol. The average molecular weight is 277 g/mol. The van der Waals surface area contributed by atoms with Gasteiger partial charge in [0, 0.05) is 24.5 Å². The molecule has 2 atom stereocenters. The molecule has 0 saturated heterocycles. The molecule has 1 amide bonds. The molecular weight excluding hydrogens is 256 g/mol. The van der Waals surface area contributed by atoms with Crippen molar-refractivity contribution >= 4 is 29.7 Å². The molecule has 0 saturated carbocycles. The van der Waals surface area contributed by atoms with Crippen LogP contribution in [0.15, 0.2) is 17.5 Å². The minimum Gasteiger partial charge on any atom is -0.345 e. The highest BCUT2D eigenvalue weighted by molar-refractivity contribution is 7.09. The van der Waals surface area contributed by atoms with Crippen molar-refractivity contribution in [1.82, 2.24) is 4.90 Å². The van der Waals surface area contributed by atoms with Crippen molar-refractivity contribution in [1.29, 1.82) is 0 Å². The summed E-state index contributed by atoms with van der Waals surface area (Å²) in [6, 6.07) is 4.04. The Morgan fingerprint density at radius 3 is 2.65 bits per heavy atom. The van der Waals surface area contributed by atoms with Gasteiger partial charge < -0.3 is 10.6 Å². The Hall–Kier alpha value is -0.580. The third-order valence-electron chi connectivity index (χ3n) is 2.83. The van der Waals surface area contributed by atoms with E-state index in [4.69, 9.17) is 5.73 Å². The van der Waals surface area contributed by atoms with Crippen LogP contribution in [-0.4, -0.2) is 30.4 Å². The Bertz CT molecular complexity index is 327. The maximum Gasteiger partial charge on any atom is 0.226 e. The molecule has 1 aromatic rings. The van der Waals surface area contributed by atoms with E-state index in [1.165, 1.54) is 4.88 Å². The van der Waals surface area contributed by atoms with E-state index in [-0.39, 0.29) is 30.3 Å². The van der Waals surface area contributed by atoms with E-state index in [9.17, 15) is 4.79 Å². The number of hydrogen-bond donors (Lipinski definition) is 1. The lowest BCUT2D eigenvalue weighted by Gasteiger charge is -2.23. The van der Waals surface area contributed by atoms with Gasteiger partial charge in [0.1, 0.15) is 0 Å². The third kappa shape index (κ3) is 5.06. The van der Waals surface area contributed by atoms with E-state index in [0.717, 1.165) is 13.0 Å².